The van der Waals surface area contributed by atoms with E-state index < -0.39 is 54.9 Å². The van der Waals surface area contributed by atoms with Crippen molar-refractivity contribution in [1.82, 2.24) is 20.2 Å². The number of rotatable bonds is 7. The number of aromatic nitrogens is 2. The monoisotopic (exact) mass is 847 g/mol. The zero-order chi connectivity index (χ0) is 36.5. The van der Waals surface area contributed by atoms with Gasteiger partial charge in [0.2, 0.25) is 0 Å². The molecule has 0 radical (unpaired) electrons. The Balaban J connectivity index is 1.30. The van der Waals surface area contributed by atoms with Crippen molar-refractivity contribution in [2.75, 3.05) is 58.4 Å². The molecule has 4 aliphatic heterocycles. The van der Waals surface area contributed by atoms with Crippen molar-refractivity contribution in [3.63, 3.8) is 0 Å². The number of halogens is 4. The number of carbonyl (C=O) groups excluding carboxylic acids is 1. The molecule has 4 aliphatic rings. The van der Waals surface area contributed by atoms with Crippen LogP contribution >= 0.6 is 31.2 Å². The molecule has 4 aromatic rings. The minimum atomic E-state index is -1.79. The Morgan fingerprint density at radius 1 is 1.25 bits per heavy atom. The van der Waals surface area contributed by atoms with Crippen molar-refractivity contribution >= 4 is 69.1 Å². The maximum absolute atomic E-state index is 17.6. The number of carbonyl (C=O) groups is 1. The van der Waals surface area contributed by atoms with Crippen LogP contribution in [-0.4, -0.2) is 92.5 Å². The number of anilines is 2. The Bertz CT molecular complexity index is 2130. The van der Waals surface area contributed by atoms with Gasteiger partial charge in [0.15, 0.2) is 0 Å². The second-order valence-electron chi connectivity index (χ2n) is 15.1. The first-order chi connectivity index (χ1) is 24.9. The molecule has 3 atom stereocenters. The summed E-state index contributed by atoms with van der Waals surface area (Å²) < 4.78 is 62.5. The van der Waals surface area contributed by atoms with E-state index >= 15 is 8.78 Å². The number of alkyl halides is 3. The molecule has 15 heteroatoms. The first kappa shape index (κ1) is 35.6. The van der Waals surface area contributed by atoms with Crippen molar-refractivity contribution in [2.24, 2.45) is 0 Å². The van der Waals surface area contributed by atoms with Gasteiger partial charge in [-0.15, -0.1) is 0 Å². The number of thiophene rings is 1. The normalized spacial score (nSPS) is 24.0. The predicted octanol–water partition coefficient (Wildman–Crippen LogP) is 7.45. The van der Waals surface area contributed by atoms with E-state index in [1.165, 1.54) is 12.1 Å². The SMILES string of the molecule is C[C@H]1CNCCN1c1nc(OC[C@@]23CCCN2C[C@H](F)C3)nc2c(F)c(-c3ccc(F)c4sc(NC(=O)OC(C)(C)C)c(C#N)c34)c(I3CC3)cc12. The van der Waals surface area contributed by atoms with Crippen molar-refractivity contribution in [3.05, 3.63) is 39.0 Å². The molecule has 52 heavy (non-hydrogen) atoms. The third-order valence-electron chi connectivity index (χ3n) is 10.3. The summed E-state index contributed by atoms with van der Waals surface area (Å²) >= 11 is -0.872. The number of hydrogen-bond donors (Lipinski definition) is 2. The molecule has 8 rings (SSSR count). The zero-order valence-corrected chi connectivity index (χ0v) is 32.5. The summed E-state index contributed by atoms with van der Waals surface area (Å²) in [7, 11) is 0. The van der Waals surface area contributed by atoms with E-state index in [1.807, 2.05) is 6.07 Å². The fraction of sp³-hybridized carbons (Fsp3) is 0.514. The molecule has 2 aromatic heterocycles. The van der Waals surface area contributed by atoms with Crippen LogP contribution in [0.15, 0.2) is 18.2 Å². The van der Waals surface area contributed by atoms with Crippen LogP contribution in [0.5, 0.6) is 6.01 Å². The van der Waals surface area contributed by atoms with Crippen LogP contribution < -0.4 is 20.3 Å². The van der Waals surface area contributed by atoms with Gasteiger partial charge in [-0.1, -0.05) is 0 Å². The second kappa shape index (κ2) is 13.4. The van der Waals surface area contributed by atoms with Gasteiger partial charge in [0.05, 0.1) is 0 Å². The Labute approximate surface area is 311 Å². The maximum atomic E-state index is 17.6. The van der Waals surface area contributed by atoms with Gasteiger partial charge in [0.1, 0.15) is 0 Å². The Morgan fingerprint density at radius 3 is 2.79 bits per heavy atom. The number of hydrogen-bond acceptors (Lipinski definition) is 10. The van der Waals surface area contributed by atoms with Crippen LogP contribution in [-0.2, 0) is 4.74 Å². The summed E-state index contributed by atoms with van der Waals surface area (Å²) in [5, 5.41) is 17.4. The van der Waals surface area contributed by atoms with E-state index in [2.05, 4.69) is 33.4 Å². The van der Waals surface area contributed by atoms with Crippen LogP contribution in [0.25, 0.3) is 32.1 Å². The van der Waals surface area contributed by atoms with E-state index in [4.69, 9.17) is 19.4 Å². The molecule has 2 N–H and O–H groups in total. The molecule has 10 nitrogen and oxygen atoms in total. The number of ether oxygens (including phenoxy) is 2. The number of amides is 1. The fourth-order valence-electron chi connectivity index (χ4n) is 7.91. The van der Waals surface area contributed by atoms with Crippen molar-refractivity contribution in [1.29, 1.82) is 5.26 Å². The quantitative estimate of drug-likeness (QED) is 0.145. The number of fused-ring (bicyclic) bond motifs is 3. The van der Waals surface area contributed by atoms with Gasteiger partial charge in [-0.3, -0.25) is 0 Å². The molecule has 0 spiro atoms. The van der Waals surface area contributed by atoms with Crippen LogP contribution in [0, 0.1) is 26.5 Å². The molecule has 0 unspecified atom stereocenters. The molecular weight excluding hydrogens is 806 g/mol. The molecule has 0 bridgehead atoms. The van der Waals surface area contributed by atoms with Gasteiger partial charge >= 0.3 is 313 Å². The van der Waals surface area contributed by atoms with E-state index in [0.717, 1.165) is 56.2 Å². The molecular formula is C37H41F3IN7O3S. The summed E-state index contributed by atoms with van der Waals surface area (Å²) in [6.45, 7) is 10.8. The van der Waals surface area contributed by atoms with E-state index in [-0.39, 0.29) is 44.8 Å². The average Bonchev–Trinajstić information content (AvgIpc) is 3.66. The number of nitrogens with one attached hydrogen (secondary N) is 2. The zero-order valence-electron chi connectivity index (χ0n) is 29.5. The Morgan fingerprint density at radius 2 is 2.06 bits per heavy atom. The molecule has 0 aliphatic carbocycles. The van der Waals surface area contributed by atoms with Crippen molar-refractivity contribution in [3.8, 4) is 23.2 Å². The van der Waals surface area contributed by atoms with Crippen LogP contribution in [0.1, 0.15) is 52.5 Å². The summed E-state index contributed by atoms with van der Waals surface area (Å²) in [6.07, 6.45) is 0.444. The van der Waals surface area contributed by atoms with Crippen LogP contribution in [0.2, 0.25) is 0 Å². The molecule has 0 saturated carbocycles. The number of nitriles is 1. The standard InChI is InChI=1S/C37H41F3IN7O3S/c1-20-17-43-11-13-48(20)32-23-14-26(41-9-10-41)28(29(40)30(23)44-34(45-32)50-19-37-8-5-12-47(37)18-21(38)15-37)22-6-7-25(39)31-27(22)24(16-42)33(52-31)46-35(49)51-36(2,3)4/h6-7,14,20-21,43H,5,8-13,15,17-19H2,1-4H3,(H,46,49)/t20-,21+,37-/m0/s1. The topological polar surface area (TPSA) is 116 Å². The summed E-state index contributed by atoms with van der Waals surface area (Å²) in [5.74, 6) is -0.570. The van der Waals surface area contributed by atoms with E-state index in [0.29, 0.717) is 41.8 Å². The molecule has 276 valence electrons. The number of nitrogens with zero attached hydrogens (tertiary/aromatic N) is 5. The van der Waals surface area contributed by atoms with Crippen LogP contribution in [0.3, 0.4) is 0 Å². The summed E-state index contributed by atoms with van der Waals surface area (Å²) in [5.41, 5.74) is -0.440. The van der Waals surface area contributed by atoms with Gasteiger partial charge in [0, 0.05) is 0 Å². The predicted molar refractivity (Wildman–Crippen MR) is 206 cm³/mol. The van der Waals surface area contributed by atoms with Gasteiger partial charge in [-0.25, -0.2) is 0 Å². The van der Waals surface area contributed by atoms with Crippen molar-refractivity contribution in [2.45, 2.75) is 70.3 Å². The number of benzene rings is 2. The second-order valence-corrected chi connectivity index (χ2v) is 22.0. The first-order valence-electron chi connectivity index (χ1n) is 17.7. The Kier molecular flexibility index (Phi) is 9.19. The third-order valence-corrected chi connectivity index (χ3v) is 16.1. The van der Waals surface area contributed by atoms with Gasteiger partial charge in [-0.05, 0) is 0 Å². The minimum absolute atomic E-state index is 0.0287. The van der Waals surface area contributed by atoms with E-state index in [1.54, 1.807) is 20.8 Å². The summed E-state index contributed by atoms with van der Waals surface area (Å²) in [6, 6.07) is 7.07. The van der Waals surface area contributed by atoms with Gasteiger partial charge in [-0.2, -0.15) is 0 Å². The Hall–Kier alpha value is -3.46. The number of piperazine rings is 1. The van der Waals surface area contributed by atoms with Gasteiger partial charge < -0.3 is 0 Å². The molecule has 1 amide bonds. The molecule has 4 fully saturated rings. The molecule has 6 heterocycles. The summed E-state index contributed by atoms with van der Waals surface area (Å²) in [4.78, 5) is 26.7. The third kappa shape index (κ3) is 6.43. The van der Waals surface area contributed by atoms with Crippen molar-refractivity contribution < 1.29 is 27.4 Å². The fourth-order valence-corrected chi connectivity index (χ4v) is 13.8. The van der Waals surface area contributed by atoms with Gasteiger partial charge in [0.25, 0.3) is 0 Å². The average molecular weight is 848 g/mol. The molecule has 4 saturated heterocycles. The first-order valence-corrected chi connectivity index (χ1v) is 22.6. The van der Waals surface area contributed by atoms with E-state index in [9.17, 15) is 14.4 Å². The molecule has 2 aromatic carbocycles. The van der Waals surface area contributed by atoms with Crippen LogP contribution in [0.4, 0.5) is 28.8 Å².